The van der Waals surface area contributed by atoms with Gasteiger partial charge in [0.25, 0.3) is 0 Å². The van der Waals surface area contributed by atoms with Gasteiger partial charge < -0.3 is 5.73 Å². The molecule has 2 aromatic heterocycles. The number of halogens is 1. The van der Waals surface area contributed by atoms with Crippen molar-refractivity contribution in [2.45, 2.75) is 0 Å². The van der Waals surface area contributed by atoms with E-state index in [1.54, 1.807) is 6.20 Å². The SMILES string of the molecule is Nc1nccc2cnc(-c3cccc(I)c3)cc12. The van der Waals surface area contributed by atoms with Crippen molar-refractivity contribution < 1.29 is 0 Å². The van der Waals surface area contributed by atoms with Gasteiger partial charge in [0.05, 0.1) is 5.69 Å². The summed E-state index contributed by atoms with van der Waals surface area (Å²) in [5.74, 6) is 0.543. The van der Waals surface area contributed by atoms with Crippen LogP contribution in [0.3, 0.4) is 0 Å². The fourth-order valence-electron chi connectivity index (χ4n) is 1.89. The molecule has 88 valence electrons. The molecule has 0 spiro atoms. The topological polar surface area (TPSA) is 51.8 Å². The molecule has 0 aliphatic heterocycles. The highest BCUT2D eigenvalue weighted by Gasteiger charge is 2.04. The van der Waals surface area contributed by atoms with E-state index in [0.717, 1.165) is 22.0 Å². The number of pyridine rings is 2. The van der Waals surface area contributed by atoms with Crippen LogP contribution in [-0.2, 0) is 0 Å². The maximum Gasteiger partial charge on any atom is 0.131 e. The molecule has 0 aliphatic rings. The molecule has 3 nitrogen and oxygen atoms in total. The Morgan fingerprint density at radius 1 is 1.06 bits per heavy atom. The first kappa shape index (κ1) is 11.4. The molecule has 3 aromatic rings. The van der Waals surface area contributed by atoms with Gasteiger partial charge in [0.2, 0.25) is 0 Å². The summed E-state index contributed by atoms with van der Waals surface area (Å²) in [6.45, 7) is 0. The van der Waals surface area contributed by atoms with Crippen molar-refractivity contribution in [2.75, 3.05) is 5.73 Å². The molecule has 1 aromatic carbocycles. The third-order valence-corrected chi connectivity index (χ3v) is 3.47. The van der Waals surface area contributed by atoms with E-state index in [1.165, 1.54) is 3.57 Å². The van der Waals surface area contributed by atoms with Gasteiger partial charge in [-0.1, -0.05) is 12.1 Å². The van der Waals surface area contributed by atoms with Gasteiger partial charge in [0, 0.05) is 32.3 Å². The second-order valence-electron chi connectivity index (χ2n) is 4.00. The fraction of sp³-hybridized carbons (Fsp3) is 0. The Labute approximate surface area is 118 Å². The monoisotopic (exact) mass is 347 g/mol. The molecule has 2 heterocycles. The molecular formula is C14H10IN3. The highest BCUT2D eigenvalue weighted by Crippen LogP contribution is 2.25. The number of nitrogens with two attached hydrogens (primary N) is 1. The van der Waals surface area contributed by atoms with Crippen LogP contribution in [0.15, 0.2) is 48.8 Å². The van der Waals surface area contributed by atoms with Crippen LogP contribution in [0.1, 0.15) is 0 Å². The molecule has 18 heavy (non-hydrogen) atoms. The number of anilines is 1. The average molecular weight is 347 g/mol. The van der Waals surface area contributed by atoms with Gasteiger partial charge in [0.1, 0.15) is 5.82 Å². The summed E-state index contributed by atoms with van der Waals surface area (Å²) in [6.07, 6.45) is 3.53. The molecule has 3 rings (SSSR count). The summed E-state index contributed by atoms with van der Waals surface area (Å²) in [6, 6.07) is 12.1. The Balaban J connectivity index is 2.22. The van der Waals surface area contributed by atoms with Crippen molar-refractivity contribution >= 4 is 39.2 Å². The van der Waals surface area contributed by atoms with Gasteiger partial charge in [-0.05, 0) is 46.9 Å². The minimum Gasteiger partial charge on any atom is -0.383 e. The van der Waals surface area contributed by atoms with Gasteiger partial charge in [-0.2, -0.15) is 0 Å². The quantitative estimate of drug-likeness (QED) is 0.686. The van der Waals surface area contributed by atoms with E-state index in [-0.39, 0.29) is 0 Å². The van der Waals surface area contributed by atoms with Crippen LogP contribution < -0.4 is 5.73 Å². The maximum atomic E-state index is 5.89. The highest BCUT2D eigenvalue weighted by molar-refractivity contribution is 14.1. The normalized spacial score (nSPS) is 10.7. The number of aromatic nitrogens is 2. The van der Waals surface area contributed by atoms with Crippen LogP contribution in [0, 0.1) is 3.57 Å². The summed E-state index contributed by atoms with van der Waals surface area (Å²) in [5, 5.41) is 1.96. The van der Waals surface area contributed by atoms with E-state index in [9.17, 15) is 0 Å². The van der Waals surface area contributed by atoms with Crippen LogP contribution in [0.2, 0.25) is 0 Å². The van der Waals surface area contributed by atoms with Crippen molar-refractivity contribution in [2.24, 2.45) is 0 Å². The second-order valence-corrected chi connectivity index (χ2v) is 5.24. The Morgan fingerprint density at radius 3 is 2.78 bits per heavy atom. The first-order valence-corrected chi connectivity index (χ1v) is 6.58. The Bertz CT molecular complexity index is 725. The number of nitrogens with zero attached hydrogens (tertiary/aromatic N) is 2. The van der Waals surface area contributed by atoms with E-state index < -0.39 is 0 Å². The summed E-state index contributed by atoms with van der Waals surface area (Å²) >= 11 is 2.29. The molecule has 0 bridgehead atoms. The summed E-state index contributed by atoms with van der Waals surface area (Å²) in [7, 11) is 0. The lowest BCUT2D eigenvalue weighted by molar-refractivity contribution is 1.32. The molecule has 0 aliphatic carbocycles. The number of nitrogen functional groups attached to an aromatic ring is 1. The van der Waals surface area contributed by atoms with Crippen molar-refractivity contribution in [3.63, 3.8) is 0 Å². The van der Waals surface area contributed by atoms with Gasteiger partial charge in [-0.25, -0.2) is 4.98 Å². The number of fused-ring (bicyclic) bond motifs is 1. The average Bonchev–Trinajstić information content (AvgIpc) is 2.39. The van der Waals surface area contributed by atoms with E-state index in [2.05, 4.69) is 44.7 Å². The van der Waals surface area contributed by atoms with Gasteiger partial charge in [0.15, 0.2) is 0 Å². The maximum absolute atomic E-state index is 5.89. The van der Waals surface area contributed by atoms with Crippen LogP contribution in [0.5, 0.6) is 0 Å². The lowest BCUT2D eigenvalue weighted by atomic mass is 10.1. The van der Waals surface area contributed by atoms with Gasteiger partial charge >= 0.3 is 0 Å². The third kappa shape index (κ3) is 2.03. The lowest BCUT2D eigenvalue weighted by Crippen LogP contribution is -1.92. The first-order valence-electron chi connectivity index (χ1n) is 5.50. The van der Waals surface area contributed by atoms with Crippen molar-refractivity contribution in [1.29, 1.82) is 0 Å². The minimum absolute atomic E-state index is 0.543. The van der Waals surface area contributed by atoms with Crippen LogP contribution in [0.4, 0.5) is 5.82 Å². The Kier molecular flexibility index (Phi) is 2.87. The summed E-state index contributed by atoms with van der Waals surface area (Å²) in [4.78, 5) is 8.58. The predicted molar refractivity (Wildman–Crippen MR) is 82.1 cm³/mol. The van der Waals surface area contributed by atoms with Crippen LogP contribution in [0.25, 0.3) is 22.0 Å². The van der Waals surface area contributed by atoms with Crippen molar-refractivity contribution in [3.05, 3.63) is 52.4 Å². The van der Waals surface area contributed by atoms with Crippen LogP contribution >= 0.6 is 22.6 Å². The molecular weight excluding hydrogens is 337 g/mol. The van der Waals surface area contributed by atoms with Gasteiger partial charge in [-0.15, -0.1) is 0 Å². The van der Waals surface area contributed by atoms with E-state index in [1.807, 2.05) is 30.5 Å². The fourth-order valence-corrected chi connectivity index (χ4v) is 2.44. The molecule has 0 radical (unpaired) electrons. The zero-order valence-electron chi connectivity index (χ0n) is 9.47. The standard InChI is InChI=1S/C14H10IN3/c15-11-3-1-2-9(6-11)13-7-12-10(8-18-13)4-5-17-14(12)16/h1-8H,(H2,16,17). The Hall–Kier alpha value is -1.69. The highest BCUT2D eigenvalue weighted by atomic mass is 127. The number of benzene rings is 1. The molecule has 0 saturated carbocycles. The van der Waals surface area contributed by atoms with E-state index >= 15 is 0 Å². The van der Waals surface area contributed by atoms with Gasteiger partial charge in [-0.3, -0.25) is 4.98 Å². The largest absolute Gasteiger partial charge is 0.383 e. The predicted octanol–water partition coefficient (Wildman–Crippen LogP) is 3.48. The van der Waals surface area contributed by atoms with Crippen LogP contribution in [-0.4, -0.2) is 9.97 Å². The molecule has 4 heteroatoms. The molecule has 0 atom stereocenters. The third-order valence-electron chi connectivity index (χ3n) is 2.80. The summed E-state index contributed by atoms with van der Waals surface area (Å²) < 4.78 is 1.19. The van der Waals surface area contributed by atoms with E-state index in [4.69, 9.17) is 5.73 Å². The molecule has 0 saturated heterocycles. The smallest absolute Gasteiger partial charge is 0.131 e. The van der Waals surface area contributed by atoms with E-state index in [0.29, 0.717) is 5.82 Å². The molecule has 0 unspecified atom stereocenters. The number of rotatable bonds is 1. The second kappa shape index (κ2) is 4.53. The minimum atomic E-state index is 0.543. The zero-order chi connectivity index (χ0) is 12.5. The molecule has 0 amide bonds. The number of hydrogen-bond acceptors (Lipinski definition) is 3. The van der Waals surface area contributed by atoms with Crippen molar-refractivity contribution in [1.82, 2.24) is 9.97 Å². The first-order chi connectivity index (χ1) is 8.74. The number of hydrogen-bond donors (Lipinski definition) is 1. The zero-order valence-corrected chi connectivity index (χ0v) is 11.6. The van der Waals surface area contributed by atoms with Crippen molar-refractivity contribution in [3.8, 4) is 11.3 Å². The molecule has 0 fully saturated rings. The Morgan fingerprint density at radius 2 is 1.94 bits per heavy atom. The lowest BCUT2D eigenvalue weighted by Gasteiger charge is -2.05. The summed E-state index contributed by atoms with van der Waals surface area (Å²) in [5.41, 5.74) is 7.90. The molecule has 2 N–H and O–H groups in total.